The van der Waals surface area contributed by atoms with Gasteiger partial charge < -0.3 is 26.4 Å². The van der Waals surface area contributed by atoms with Crippen LogP contribution >= 0.6 is 23.2 Å². The Kier molecular flexibility index (Phi) is 7.91. The van der Waals surface area contributed by atoms with Gasteiger partial charge in [-0.05, 0) is 53.3 Å². The Balaban J connectivity index is 1.72. The van der Waals surface area contributed by atoms with Gasteiger partial charge in [-0.1, -0.05) is 62.2 Å². The highest BCUT2D eigenvalue weighted by Gasteiger charge is 2.66. The number of hydrogen-bond donors (Lipinski definition) is 4. The van der Waals surface area contributed by atoms with Gasteiger partial charge in [-0.2, -0.15) is 0 Å². The summed E-state index contributed by atoms with van der Waals surface area (Å²) in [7, 11) is 1.36. The van der Waals surface area contributed by atoms with E-state index in [2.05, 4.69) is 16.0 Å². The van der Waals surface area contributed by atoms with Crippen LogP contribution in [0.1, 0.15) is 54.6 Å². The van der Waals surface area contributed by atoms with Gasteiger partial charge in [-0.25, -0.2) is 8.78 Å². The van der Waals surface area contributed by atoms with E-state index in [1.807, 2.05) is 20.8 Å². The zero-order valence-corrected chi connectivity index (χ0v) is 25.3. The Morgan fingerprint density at radius 1 is 1.07 bits per heavy atom. The van der Waals surface area contributed by atoms with Crippen LogP contribution in [0.2, 0.25) is 10.0 Å². The maximum atomic E-state index is 15.9. The van der Waals surface area contributed by atoms with Crippen LogP contribution in [0.5, 0.6) is 5.75 Å². The Hall–Kier alpha value is -3.73. The molecule has 43 heavy (non-hydrogen) atoms. The number of hydrogen-bond acceptors (Lipinski definition) is 5. The molecule has 0 bridgehead atoms. The zero-order valence-electron chi connectivity index (χ0n) is 23.8. The third-order valence-corrected chi connectivity index (χ3v) is 8.65. The maximum Gasteiger partial charge on any atom is 0.248 e. The van der Waals surface area contributed by atoms with E-state index >= 15 is 8.78 Å². The molecule has 1 fully saturated rings. The Morgan fingerprint density at radius 3 is 2.42 bits per heavy atom. The average Bonchev–Trinajstić information content (AvgIpc) is 3.42. The molecule has 3 aromatic rings. The molecule has 1 saturated heterocycles. The van der Waals surface area contributed by atoms with Crippen molar-refractivity contribution in [1.29, 1.82) is 0 Å². The van der Waals surface area contributed by atoms with E-state index in [1.165, 1.54) is 55.6 Å². The van der Waals surface area contributed by atoms with E-state index in [0.717, 1.165) is 0 Å². The first kappa shape index (κ1) is 30.7. The number of carbonyl (C=O) groups is 3. The van der Waals surface area contributed by atoms with Crippen molar-refractivity contribution < 1.29 is 27.9 Å². The number of amides is 3. The second kappa shape index (κ2) is 11.1. The lowest BCUT2D eigenvalue weighted by molar-refractivity contribution is -0.122. The molecule has 0 saturated carbocycles. The molecule has 226 valence electrons. The van der Waals surface area contributed by atoms with Crippen LogP contribution in [-0.4, -0.2) is 36.9 Å². The smallest absolute Gasteiger partial charge is 0.248 e. The molecule has 0 aliphatic carbocycles. The largest absolute Gasteiger partial charge is 0.495 e. The highest BCUT2D eigenvalue weighted by atomic mass is 35.5. The molecule has 0 radical (unpaired) electrons. The van der Waals surface area contributed by atoms with E-state index < -0.39 is 52.8 Å². The van der Waals surface area contributed by atoms with Crippen molar-refractivity contribution in [3.05, 3.63) is 86.9 Å². The Morgan fingerprint density at radius 2 is 1.77 bits per heavy atom. The van der Waals surface area contributed by atoms with Crippen molar-refractivity contribution >= 4 is 52.3 Å². The summed E-state index contributed by atoms with van der Waals surface area (Å²) in [5.74, 6) is -4.56. The summed E-state index contributed by atoms with van der Waals surface area (Å²) in [4.78, 5) is 40.1. The number of halogens is 4. The highest BCUT2D eigenvalue weighted by molar-refractivity contribution is 6.31. The minimum absolute atomic E-state index is 0.00552. The van der Waals surface area contributed by atoms with Gasteiger partial charge in [0.05, 0.1) is 34.6 Å². The molecule has 2 aliphatic rings. The molecule has 2 heterocycles. The summed E-state index contributed by atoms with van der Waals surface area (Å²) >= 11 is 12.3. The molecule has 5 N–H and O–H groups in total. The number of rotatable bonds is 6. The first-order valence-electron chi connectivity index (χ1n) is 13.5. The molecular formula is C31H30Cl2F2N4O4. The SMILES string of the molecule is COc1cc(C(N)=O)ccc1NC(=O)[C@@H]1N[C@@H](CC(C)(C)C)[C@@]2(C(=O)Nc3c2ccc(Cl)c3F)[C@H]1c1cccc(Cl)c1F. The van der Waals surface area contributed by atoms with Crippen LogP contribution in [0.25, 0.3) is 0 Å². The van der Waals surface area contributed by atoms with E-state index in [4.69, 9.17) is 33.7 Å². The van der Waals surface area contributed by atoms with Crippen molar-refractivity contribution in [2.45, 2.75) is 50.6 Å². The third-order valence-electron chi connectivity index (χ3n) is 8.07. The van der Waals surface area contributed by atoms with Gasteiger partial charge in [0, 0.05) is 17.5 Å². The molecule has 4 atom stereocenters. The van der Waals surface area contributed by atoms with Crippen LogP contribution in [-0.2, 0) is 15.0 Å². The van der Waals surface area contributed by atoms with Crippen molar-refractivity contribution in [1.82, 2.24) is 5.32 Å². The molecule has 1 spiro atoms. The number of ether oxygens (including phenoxy) is 1. The molecule has 0 unspecified atom stereocenters. The number of fused-ring (bicyclic) bond motifs is 2. The fraction of sp³-hybridized carbons (Fsp3) is 0.323. The number of primary amides is 1. The summed E-state index contributed by atoms with van der Waals surface area (Å²) < 4.78 is 36.7. The zero-order chi connectivity index (χ0) is 31.4. The molecule has 12 heteroatoms. The van der Waals surface area contributed by atoms with E-state index in [9.17, 15) is 14.4 Å². The lowest BCUT2D eigenvalue weighted by Gasteiger charge is -2.37. The van der Waals surface area contributed by atoms with Crippen molar-refractivity contribution in [2.24, 2.45) is 11.1 Å². The number of carbonyl (C=O) groups excluding carboxylic acids is 3. The molecule has 8 nitrogen and oxygen atoms in total. The molecule has 0 aromatic heterocycles. The summed E-state index contributed by atoms with van der Waals surface area (Å²) in [6.07, 6.45) is 0.350. The second-order valence-electron chi connectivity index (χ2n) is 12.0. The molecular weight excluding hydrogens is 601 g/mol. The minimum Gasteiger partial charge on any atom is -0.495 e. The Bertz CT molecular complexity index is 1660. The summed E-state index contributed by atoms with van der Waals surface area (Å²) in [6.45, 7) is 5.89. The van der Waals surface area contributed by atoms with E-state index in [0.29, 0.717) is 6.42 Å². The summed E-state index contributed by atoms with van der Waals surface area (Å²) in [6, 6.07) is 9.54. The highest BCUT2D eigenvalue weighted by Crippen LogP contribution is 2.57. The topological polar surface area (TPSA) is 123 Å². The normalized spacial score (nSPS) is 22.8. The third kappa shape index (κ3) is 5.11. The predicted molar refractivity (Wildman–Crippen MR) is 161 cm³/mol. The summed E-state index contributed by atoms with van der Waals surface area (Å²) in [5, 5.41) is 8.36. The summed E-state index contributed by atoms with van der Waals surface area (Å²) in [5.41, 5.74) is 3.90. The molecule has 3 amide bonds. The van der Waals surface area contributed by atoms with E-state index in [1.54, 1.807) is 0 Å². The first-order valence-corrected chi connectivity index (χ1v) is 14.2. The molecule has 3 aromatic carbocycles. The number of methoxy groups -OCH3 is 1. The van der Waals surface area contributed by atoms with Gasteiger partial charge in [-0.15, -0.1) is 0 Å². The molecule has 2 aliphatic heterocycles. The van der Waals surface area contributed by atoms with Gasteiger partial charge in [0.25, 0.3) is 0 Å². The first-order chi connectivity index (χ1) is 20.2. The van der Waals surface area contributed by atoms with Crippen LogP contribution in [0.3, 0.4) is 0 Å². The lowest BCUT2D eigenvalue weighted by Crippen LogP contribution is -2.49. The van der Waals surface area contributed by atoms with Gasteiger partial charge in [0.15, 0.2) is 5.82 Å². The van der Waals surface area contributed by atoms with Crippen LogP contribution in [0, 0.1) is 17.0 Å². The monoisotopic (exact) mass is 630 g/mol. The van der Waals surface area contributed by atoms with Crippen LogP contribution in [0.4, 0.5) is 20.2 Å². The molecule has 5 rings (SSSR count). The quantitative estimate of drug-likeness (QED) is 0.275. The average molecular weight is 632 g/mol. The van der Waals surface area contributed by atoms with Crippen molar-refractivity contribution in [3.63, 3.8) is 0 Å². The predicted octanol–water partition coefficient (Wildman–Crippen LogP) is 5.77. The van der Waals surface area contributed by atoms with Gasteiger partial charge >= 0.3 is 0 Å². The van der Waals surface area contributed by atoms with Crippen LogP contribution < -0.4 is 26.4 Å². The fourth-order valence-electron chi connectivity index (χ4n) is 6.34. The van der Waals surface area contributed by atoms with E-state index in [-0.39, 0.29) is 49.3 Å². The van der Waals surface area contributed by atoms with Gasteiger partial charge in [0.1, 0.15) is 17.0 Å². The Labute approximate surface area is 257 Å². The number of nitrogens with two attached hydrogens (primary N) is 1. The minimum atomic E-state index is -1.64. The lowest BCUT2D eigenvalue weighted by atomic mass is 9.62. The number of benzene rings is 3. The van der Waals surface area contributed by atoms with Crippen molar-refractivity contribution in [3.8, 4) is 5.75 Å². The maximum absolute atomic E-state index is 15.9. The second-order valence-corrected chi connectivity index (χ2v) is 12.8. The van der Waals surface area contributed by atoms with Gasteiger partial charge in [-0.3, -0.25) is 14.4 Å². The number of anilines is 2. The van der Waals surface area contributed by atoms with Gasteiger partial charge in [0.2, 0.25) is 17.7 Å². The van der Waals surface area contributed by atoms with Crippen molar-refractivity contribution in [2.75, 3.05) is 17.7 Å². The standard InChI is InChI=1S/C31H30Cl2F2N4O4/c1-30(2,3)13-21-31(16-9-10-18(33)24(35)25(16)39-29(31)42)22(15-6-5-7-17(32)23(15)34)26(38-21)28(41)37-19-11-8-14(27(36)40)12-20(19)43-4/h5-12,21-22,26,38H,13H2,1-4H3,(H2,36,40)(H,37,41)(H,39,42)/t21-,22-,26+,31+/m0/s1. The number of nitrogens with one attached hydrogen (secondary N) is 3. The van der Waals surface area contributed by atoms with Crippen LogP contribution in [0.15, 0.2) is 48.5 Å². The fourth-order valence-corrected chi connectivity index (χ4v) is 6.68.